The van der Waals surface area contributed by atoms with Gasteiger partial charge in [0, 0.05) is 5.70 Å². The van der Waals surface area contributed by atoms with Gasteiger partial charge < -0.3 is 10.5 Å². The molecular weight excluding hydrogens is 202 g/mol. The lowest BCUT2D eigenvalue weighted by Gasteiger charge is -2.07. The highest BCUT2D eigenvalue weighted by atomic mass is 16.5. The summed E-state index contributed by atoms with van der Waals surface area (Å²) in [5, 5.41) is 0. The van der Waals surface area contributed by atoms with Gasteiger partial charge >= 0.3 is 5.97 Å². The molecular formula is C13H25NO2. The normalized spacial score (nSPS) is 12.2. The number of hydrogen-bond donors (Lipinski definition) is 1. The molecule has 0 amide bonds. The minimum absolute atomic E-state index is 0.284. The summed E-state index contributed by atoms with van der Waals surface area (Å²) in [7, 11) is 1.40. The van der Waals surface area contributed by atoms with E-state index in [1.54, 1.807) is 6.92 Å². The SMILES string of the molecule is CCCCCCCCC(C(=O)OC)=C(C)N. The summed E-state index contributed by atoms with van der Waals surface area (Å²) >= 11 is 0. The number of unbranched alkanes of at least 4 members (excludes halogenated alkanes) is 5. The maximum Gasteiger partial charge on any atom is 0.335 e. The van der Waals surface area contributed by atoms with E-state index in [-0.39, 0.29) is 5.97 Å². The second-order valence-electron chi connectivity index (χ2n) is 4.17. The van der Waals surface area contributed by atoms with Crippen LogP contribution in [0.15, 0.2) is 11.3 Å². The fraction of sp³-hybridized carbons (Fsp3) is 0.769. The van der Waals surface area contributed by atoms with E-state index in [2.05, 4.69) is 6.92 Å². The van der Waals surface area contributed by atoms with Crippen molar-refractivity contribution >= 4 is 5.97 Å². The summed E-state index contributed by atoms with van der Waals surface area (Å²) in [6, 6.07) is 0. The summed E-state index contributed by atoms with van der Waals surface area (Å²) in [4.78, 5) is 11.4. The second-order valence-corrected chi connectivity index (χ2v) is 4.17. The molecule has 0 radical (unpaired) electrons. The molecule has 0 heterocycles. The molecule has 94 valence electrons. The van der Waals surface area contributed by atoms with Crippen LogP contribution in [0.3, 0.4) is 0 Å². The number of carbonyl (C=O) groups excluding carboxylic acids is 1. The number of ether oxygens (including phenoxy) is 1. The third-order valence-electron chi connectivity index (χ3n) is 2.69. The smallest absolute Gasteiger partial charge is 0.335 e. The highest BCUT2D eigenvalue weighted by Crippen LogP contribution is 2.14. The van der Waals surface area contributed by atoms with Crippen LogP contribution in [-0.2, 0) is 9.53 Å². The van der Waals surface area contributed by atoms with Crippen LogP contribution in [0.1, 0.15) is 58.8 Å². The van der Waals surface area contributed by atoms with Crippen molar-refractivity contribution in [1.82, 2.24) is 0 Å². The molecule has 0 spiro atoms. The first-order valence-electron chi connectivity index (χ1n) is 6.17. The van der Waals surface area contributed by atoms with Gasteiger partial charge in [0.1, 0.15) is 0 Å². The molecule has 16 heavy (non-hydrogen) atoms. The molecule has 0 aromatic rings. The van der Waals surface area contributed by atoms with Crippen LogP contribution in [0.2, 0.25) is 0 Å². The molecule has 0 aromatic heterocycles. The first kappa shape index (κ1) is 15.0. The fourth-order valence-electron chi connectivity index (χ4n) is 1.67. The summed E-state index contributed by atoms with van der Waals surface area (Å²) in [5.41, 5.74) is 6.88. The minimum Gasteiger partial charge on any atom is -0.466 e. The molecule has 0 saturated heterocycles. The molecule has 0 rings (SSSR count). The van der Waals surface area contributed by atoms with Crippen molar-refractivity contribution in [2.45, 2.75) is 58.8 Å². The first-order valence-corrected chi connectivity index (χ1v) is 6.17. The number of rotatable bonds is 8. The number of carbonyl (C=O) groups is 1. The monoisotopic (exact) mass is 227 g/mol. The highest BCUT2D eigenvalue weighted by Gasteiger charge is 2.11. The van der Waals surface area contributed by atoms with Gasteiger partial charge in [0.15, 0.2) is 0 Å². The molecule has 0 aliphatic carbocycles. The molecule has 3 nitrogen and oxygen atoms in total. The second kappa shape index (κ2) is 9.25. The standard InChI is InChI=1S/C13H25NO2/c1-4-5-6-7-8-9-10-12(11(2)14)13(15)16-3/h4-10,14H2,1-3H3. The number of allylic oxidation sites excluding steroid dienone is 1. The quantitative estimate of drug-likeness (QED) is 0.394. The Morgan fingerprint density at radius 3 is 2.19 bits per heavy atom. The van der Waals surface area contributed by atoms with E-state index >= 15 is 0 Å². The summed E-state index contributed by atoms with van der Waals surface area (Å²) in [6.07, 6.45) is 8.00. The molecule has 0 fully saturated rings. The number of hydrogen-bond acceptors (Lipinski definition) is 3. The van der Waals surface area contributed by atoms with Crippen LogP contribution in [-0.4, -0.2) is 13.1 Å². The van der Waals surface area contributed by atoms with Crippen LogP contribution in [0.4, 0.5) is 0 Å². The topological polar surface area (TPSA) is 52.3 Å². The zero-order chi connectivity index (χ0) is 12.4. The minimum atomic E-state index is -0.284. The Kier molecular flexibility index (Phi) is 8.68. The largest absolute Gasteiger partial charge is 0.466 e. The van der Waals surface area contributed by atoms with Gasteiger partial charge in [0.2, 0.25) is 0 Å². The Bertz CT molecular complexity index is 230. The van der Waals surface area contributed by atoms with Crippen LogP contribution < -0.4 is 5.73 Å². The number of nitrogens with two attached hydrogens (primary N) is 1. The van der Waals surface area contributed by atoms with Crippen molar-refractivity contribution in [1.29, 1.82) is 0 Å². The third-order valence-corrected chi connectivity index (χ3v) is 2.69. The van der Waals surface area contributed by atoms with E-state index in [1.165, 1.54) is 32.8 Å². The number of esters is 1. The molecule has 0 bridgehead atoms. The Labute approximate surface area is 99.0 Å². The van der Waals surface area contributed by atoms with Gasteiger partial charge in [-0.25, -0.2) is 4.79 Å². The van der Waals surface area contributed by atoms with E-state index in [4.69, 9.17) is 10.5 Å². The Morgan fingerprint density at radius 1 is 1.12 bits per heavy atom. The van der Waals surface area contributed by atoms with Crippen molar-refractivity contribution < 1.29 is 9.53 Å². The van der Waals surface area contributed by atoms with Gasteiger partial charge in [-0.3, -0.25) is 0 Å². The van der Waals surface area contributed by atoms with E-state index in [9.17, 15) is 4.79 Å². The lowest BCUT2D eigenvalue weighted by molar-refractivity contribution is -0.136. The maximum absolute atomic E-state index is 11.4. The molecule has 3 heteroatoms. The van der Waals surface area contributed by atoms with Crippen molar-refractivity contribution in [2.24, 2.45) is 5.73 Å². The predicted octanol–water partition coefficient (Wildman–Crippen LogP) is 3.14. The summed E-state index contributed by atoms with van der Waals surface area (Å²) in [6.45, 7) is 3.96. The molecule has 0 aliphatic heterocycles. The maximum atomic E-state index is 11.4. The highest BCUT2D eigenvalue weighted by molar-refractivity contribution is 5.88. The van der Waals surface area contributed by atoms with Crippen LogP contribution >= 0.6 is 0 Å². The van der Waals surface area contributed by atoms with E-state index in [1.807, 2.05) is 0 Å². The molecule has 0 unspecified atom stereocenters. The van der Waals surface area contributed by atoms with Gasteiger partial charge in [0.25, 0.3) is 0 Å². The summed E-state index contributed by atoms with van der Waals surface area (Å²) < 4.78 is 4.69. The van der Waals surface area contributed by atoms with Gasteiger partial charge in [-0.15, -0.1) is 0 Å². The first-order chi connectivity index (χ1) is 7.63. The van der Waals surface area contributed by atoms with Crippen LogP contribution in [0.5, 0.6) is 0 Å². The predicted molar refractivity (Wildman–Crippen MR) is 66.9 cm³/mol. The average molecular weight is 227 g/mol. The van der Waals surface area contributed by atoms with E-state index in [0.717, 1.165) is 19.3 Å². The lowest BCUT2D eigenvalue weighted by Crippen LogP contribution is -2.11. The van der Waals surface area contributed by atoms with Crippen molar-refractivity contribution in [3.63, 3.8) is 0 Å². The van der Waals surface area contributed by atoms with Crippen LogP contribution in [0.25, 0.3) is 0 Å². The Hall–Kier alpha value is -0.990. The molecule has 0 aromatic carbocycles. The van der Waals surface area contributed by atoms with Crippen molar-refractivity contribution in [2.75, 3.05) is 7.11 Å². The zero-order valence-electron chi connectivity index (χ0n) is 10.8. The molecule has 2 N–H and O–H groups in total. The van der Waals surface area contributed by atoms with Gasteiger partial charge in [0.05, 0.1) is 12.7 Å². The van der Waals surface area contributed by atoms with Crippen molar-refractivity contribution in [3.8, 4) is 0 Å². The van der Waals surface area contributed by atoms with Gasteiger partial charge in [-0.05, 0) is 19.8 Å². The van der Waals surface area contributed by atoms with Gasteiger partial charge in [-0.1, -0.05) is 39.0 Å². The Balaban J connectivity index is 3.80. The zero-order valence-corrected chi connectivity index (χ0v) is 10.8. The summed E-state index contributed by atoms with van der Waals surface area (Å²) in [5.74, 6) is -0.284. The lowest BCUT2D eigenvalue weighted by atomic mass is 10.0. The van der Waals surface area contributed by atoms with Crippen LogP contribution in [0, 0.1) is 0 Å². The number of methoxy groups -OCH3 is 1. The third kappa shape index (κ3) is 6.49. The van der Waals surface area contributed by atoms with E-state index < -0.39 is 0 Å². The van der Waals surface area contributed by atoms with E-state index in [0.29, 0.717) is 11.3 Å². The molecule has 0 atom stereocenters. The fourth-order valence-corrected chi connectivity index (χ4v) is 1.67. The molecule has 0 aliphatic rings. The van der Waals surface area contributed by atoms with Gasteiger partial charge in [-0.2, -0.15) is 0 Å². The molecule has 0 saturated carbocycles. The Morgan fingerprint density at radius 2 is 1.69 bits per heavy atom. The average Bonchev–Trinajstić information content (AvgIpc) is 2.26. The van der Waals surface area contributed by atoms with Crippen molar-refractivity contribution in [3.05, 3.63) is 11.3 Å².